The summed E-state index contributed by atoms with van der Waals surface area (Å²) in [5, 5.41) is 26.0. The van der Waals surface area contributed by atoms with Crippen LogP contribution in [-0.2, 0) is 11.3 Å². The van der Waals surface area contributed by atoms with Crippen molar-refractivity contribution in [3.05, 3.63) is 35.0 Å². The van der Waals surface area contributed by atoms with E-state index in [-0.39, 0.29) is 12.0 Å². The zero-order chi connectivity index (χ0) is 19.7. The summed E-state index contributed by atoms with van der Waals surface area (Å²) in [6, 6.07) is 6.47. The topological polar surface area (TPSA) is 103 Å². The number of aromatic nitrogens is 2. The lowest BCUT2D eigenvalue weighted by Crippen LogP contribution is -2.32. The van der Waals surface area contributed by atoms with Gasteiger partial charge in [-0.1, -0.05) is 12.8 Å². The highest BCUT2D eigenvalue weighted by Crippen LogP contribution is 2.28. The van der Waals surface area contributed by atoms with Crippen LogP contribution in [0.15, 0.2) is 18.3 Å². The molecule has 1 aliphatic heterocycles. The molecule has 0 radical (unpaired) electrons. The Labute approximate surface area is 165 Å². The number of hydrogen-bond donors (Lipinski definition) is 3. The Morgan fingerprint density at radius 1 is 1.25 bits per heavy atom. The summed E-state index contributed by atoms with van der Waals surface area (Å²) >= 11 is 0. The highest BCUT2D eigenvalue weighted by Gasteiger charge is 2.29. The predicted molar refractivity (Wildman–Crippen MR) is 109 cm³/mol. The van der Waals surface area contributed by atoms with Crippen LogP contribution in [-0.4, -0.2) is 28.2 Å². The van der Waals surface area contributed by atoms with Crippen LogP contribution in [0.2, 0.25) is 0 Å². The van der Waals surface area contributed by atoms with Gasteiger partial charge < -0.3 is 20.3 Å². The van der Waals surface area contributed by atoms with Gasteiger partial charge in [0.05, 0.1) is 18.6 Å². The van der Waals surface area contributed by atoms with E-state index < -0.39 is 7.12 Å². The standard InChI is InChI=1S/C20H24BN5O2/c1-12-7-16(8-15-11-28-21(27)18(12)15)24-20-23-10-13(2)19(26-20)25-17-6-4-3-5-14(17)9-22/h7-8,10,14,17,27H,3-6,11H2,1-2H3,(H2,23,24,25,26)/t14-,17?/m1/s1. The van der Waals surface area contributed by atoms with Gasteiger partial charge in [-0.3, -0.25) is 0 Å². The fourth-order valence-corrected chi connectivity index (χ4v) is 4.08. The first-order valence-electron chi connectivity index (χ1n) is 9.75. The van der Waals surface area contributed by atoms with E-state index >= 15 is 0 Å². The van der Waals surface area contributed by atoms with Crippen molar-refractivity contribution in [3.63, 3.8) is 0 Å². The molecule has 8 heteroatoms. The lowest BCUT2D eigenvalue weighted by Gasteiger charge is -2.28. The number of rotatable bonds is 4. The van der Waals surface area contributed by atoms with Crippen molar-refractivity contribution in [2.24, 2.45) is 5.92 Å². The third-order valence-electron chi connectivity index (χ3n) is 5.60. The number of benzene rings is 1. The van der Waals surface area contributed by atoms with Crippen LogP contribution in [0.3, 0.4) is 0 Å². The van der Waals surface area contributed by atoms with Crippen molar-refractivity contribution in [2.75, 3.05) is 10.6 Å². The highest BCUT2D eigenvalue weighted by molar-refractivity contribution is 6.62. The molecule has 2 aromatic rings. The zero-order valence-electron chi connectivity index (χ0n) is 16.2. The Kier molecular flexibility index (Phi) is 5.20. The Hall–Kier alpha value is -2.63. The Morgan fingerprint density at radius 3 is 2.89 bits per heavy atom. The molecule has 1 fully saturated rings. The maximum absolute atomic E-state index is 9.91. The summed E-state index contributed by atoms with van der Waals surface area (Å²) in [5.74, 6) is 1.28. The fraction of sp³-hybridized carbons (Fsp3) is 0.450. The summed E-state index contributed by atoms with van der Waals surface area (Å²) in [4.78, 5) is 9.04. The average molecular weight is 377 g/mol. The van der Waals surface area contributed by atoms with Crippen molar-refractivity contribution < 1.29 is 9.68 Å². The van der Waals surface area contributed by atoms with Gasteiger partial charge in [-0.05, 0) is 55.4 Å². The Morgan fingerprint density at radius 2 is 2.07 bits per heavy atom. The van der Waals surface area contributed by atoms with Crippen LogP contribution in [0.25, 0.3) is 0 Å². The summed E-state index contributed by atoms with van der Waals surface area (Å²) in [6.07, 6.45) is 5.95. The quantitative estimate of drug-likeness (QED) is 0.704. The first kappa shape index (κ1) is 18.7. The smallest absolute Gasteiger partial charge is 0.423 e. The third kappa shape index (κ3) is 3.68. The molecule has 1 saturated carbocycles. The van der Waals surface area contributed by atoms with E-state index in [1.165, 1.54) is 0 Å². The molecule has 7 nitrogen and oxygen atoms in total. The van der Waals surface area contributed by atoms with Gasteiger partial charge in [0.15, 0.2) is 0 Å². The summed E-state index contributed by atoms with van der Waals surface area (Å²) in [6.45, 7) is 4.32. The SMILES string of the molecule is Cc1cnc(Nc2cc(C)c3c(c2)COB3O)nc1NC1CCCC[C@@H]1C#N. The van der Waals surface area contributed by atoms with Crippen molar-refractivity contribution in [2.45, 2.75) is 52.2 Å². The van der Waals surface area contributed by atoms with E-state index in [9.17, 15) is 10.3 Å². The maximum atomic E-state index is 9.91. The molecular weight excluding hydrogens is 353 g/mol. The molecule has 144 valence electrons. The molecule has 1 aliphatic carbocycles. The molecule has 4 rings (SSSR count). The number of aryl methyl sites for hydroxylation is 2. The van der Waals surface area contributed by atoms with Gasteiger partial charge >= 0.3 is 7.12 Å². The van der Waals surface area contributed by atoms with Crippen molar-refractivity contribution in [1.29, 1.82) is 5.26 Å². The molecule has 0 bridgehead atoms. The molecule has 28 heavy (non-hydrogen) atoms. The van der Waals surface area contributed by atoms with E-state index in [0.717, 1.165) is 59.3 Å². The minimum atomic E-state index is -0.848. The number of anilines is 3. The third-order valence-corrected chi connectivity index (χ3v) is 5.60. The van der Waals surface area contributed by atoms with Crippen molar-refractivity contribution in [1.82, 2.24) is 9.97 Å². The number of fused-ring (bicyclic) bond motifs is 1. The largest absolute Gasteiger partial charge is 0.492 e. The fourth-order valence-electron chi connectivity index (χ4n) is 4.08. The first-order chi connectivity index (χ1) is 13.5. The second-order valence-corrected chi connectivity index (χ2v) is 7.65. The van der Waals surface area contributed by atoms with Crippen molar-refractivity contribution >= 4 is 30.0 Å². The number of nitriles is 1. The van der Waals surface area contributed by atoms with Crippen LogP contribution >= 0.6 is 0 Å². The molecule has 0 amide bonds. The predicted octanol–water partition coefficient (Wildman–Crippen LogP) is 2.55. The first-order valence-corrected chi connectivity index (χ1v) is 9.75. The van der Waals surface area contributed by atoms with Crippen molar-refractivity contribution in [3.8, 4) is 6.07 Å². The summed E-state index contributed by atoms with van der Waals surface area (Å²) in [7, 11) is -0.848. The Bertz CT molecular complexity index is 930. The van der Waals surface area contributed by atoms with E-state index in [2.05, 4.69) is 26.7 Å². The molecule has 0 saturated heterocycles. The van der Waals surface area contributed by atoms with Crippen LogP contribution in [0, 0.1) is 31.1 Å². The highest BCUT2D eigenvalue weighted by atomic mass is 16.5. The second-order valence-electron chi connectivity index (χ2n) is 7.65. The van der Waals surface area contributed by atoms with Gasteiger partial charge in [0.2, 0.25) is 5.95 Å². The average Bonchev–Trinajstić information content (AvgIpc) is 3.06. The monoisotopic (exact) mass is 377 g/mol. The molecule has 3 N–H and O–H groups in total. The minimum Gasteiger partial charge on any atom is -0.423 e. The molecule has 2 aliphatic rings. The van der Waals surface area contributed by atoms with Gasteiger partial charge in [-0.25, -0.2) is 4.98 Å². The van der Waals surface area contributed by atoms with Gasteiger partial charge in [-0.15, -0.1) is 0 Å². The van der Waals surface area contributed by atoms with Crippen LogP contribution < -0.4 is 16.1 Å². The van der Waals surface area contributed by atoms with E-state index in [4.69, 9.17) is 4.65 Å². The molecule has 1 aromatic heterocycles. The molecule has 0 spiro atoms. The lowest BCUT2D eigenvalue weighted by molar-refractivity contribution is 0.275. The summed E-state index contributed by atoms with van der Waals surface area (Å²) < 4.78 is 5.31. The molecule has 1 aromatic carbocycles. The minimum absolute atomic E-state index is 0.0188. The van der Waals surface area contributed by atoms with Gasteiger partial charge in [0.1, 0.15) is 5.82 Å². The Balaban J connectivity index is 1.55. The van der Waals surface area contributed by atoms with Crippen LogP contribution in [0.4, 0.5) is 17.5 Å². The van der Waals surface area contributed by atoms with E-state index in [0.29, 0.717) is 12.6 Å². The molecule has 2 heterocycles. The molecule has 2 atom stereocenters. The lowest BCUT2D eigenvalue weighted by atomic mass is 9.76. The zero-order valence-corrected chi connectivity index (χ0v) is 16.2. The van der Waals surface area contributed by atoms with Crippen LogP contribution in [0.1, 0.15) is 42.4 Å². The number of nitrogens with zero attached hydrogens (tertiary/aromatic N) is 3. The molecule has 1 unspecified atom stereocenters. The normalized spacial score (nSPS) is 21.1. The number of nitrogens with one attached hydrogen (secondary N) is 2. The summed E-state index contributed by atoms with van der Waals surface area (Å²) in [5.41, 5.74) is 4.59. The second kappa shape index (κ2) is 7.78. The van der Waals surface area contributed by atoms with Gasteiger partial charge in [-0.2, -0.15) is 10.2 Å². The van der Waals surface area contributed by atoms with Gasteiger partial charge in [0, 0.05) is 23.5 Å². The molecular formula is C20H24BN5O2. The van der Waals surface area contributed by atoms with E-state index in [1.807, 2.05) is 26.0 Å². The van der Waals surface area contributed by atoms with Gasteiger partial charge in [0.25, 0.3) is 0 Å². The number of hydrogen-bond acceptors (Lipinski definition) is 7. The maximum Gasteiger partial charge on any atom is 0.492 e. The van der Waals surface area contributed by atoms with E-state index in [1.54, 1.807) is 6.20 Å². The van der Waals surface area contributed by atoms with Crippen LogP contribution in [0.5, 0.6) is 0 Å².